The first-order valence-corrected chi connectivity index (χ1v) is 7.14. The Morgan fingerprint density at radius 3 is 2.70 bits per heavy atom. The number of aromatic nitrogens is 1. The van der Waals surface area contributed by atoms with Gasteiger partial charge in [0.15, 0.2) is 0 Å². The van der Waals surface area contributed by atoms with Gasteiger partial charge in [0.2, 0.25) is 0 Å². The van der Waals surface area contributed by atoms with Crippen LogP contribution in [0.25, 0.3) is 0 Å². The van der Waals surface area contributed by atoms with E-state index in [1.165, 1.54) is 5.56 Å². The maximum absolute atomic E-state index is 5.31. The molecule has 1 unspecified atom stereocenters. The van der Waals surface area contributed by atoms with Crippen LogP contribution in [0.4, 0.5) is 5.82 Å². The van der Waals surface area contributed by atoms with Gasteiger partial charge in [-0.2, -0.15) is 0 Å². The number of rotatable bonds is 10. The zero-order valence-corrected chi connectivity index (χ0v) is 13.0. The number of hydrogen-bond acceptors (Lipinski definition) is 5. The Hall–Kier alpha value is -1.17. The molecule has 1 rings (SSSR count). The maximum atomic E-state index is 5.31. The monoisotopic (exact) mass is 281 g/mol. The third-order valence-electron chi connectivity index (χ3n) is 3.13. The van der Waals surface area contributed by atoms with Gasteiger partial charge in [-0.05, 0) is 31.5 Å². The van der Waals surface area contributed by atoms with Crippen molar-refractivity contribution in [2.75, 3.05) is 39.2 Å². The molecule has 2 N–H and O–H groups in total. The summed E-state index contributed by atoms with van der Waals surface area (Å²) in [7, 11) is 3.36. The number of ether oxygens (including phenoxy) is 2. The van der Waals surface area contributed by atoms with Crippen LogP contribution in [0.15, 0.2) is 12.1 Å². The molecule has 20 heavy (non-hydrogen) atoms. The molecular formula is C15H27N3O2. The Balaban J connectivity index is 2.49. The predicted molar refractivity (Wildman–Crippen MR) is 82.1 cm³/mol. The molecule has 0 aliphatic heterocycles. The van der Waals surface area contributed by atoms with Crippen molar-refractivity contribution < 1.29 is 9.47 Å². The number of aryl methyl sites for hydroxylation is 1. The van der Waals surface area contributed by atoms with Crippen molar-refractivity contribution in [2.24, 2.45) is 0 Å². The Bertz CT molecular complexity index is 385. The van der Waals surface area contributed by atoms with Crippen LogP contribution >= 0.6 is 0 Å². The molecule has 0 saturated carbocycles. The lowest BCUT2D eigenvalue weighted by atomic mass is 10.2. The lowest BCUT2D eigenvalue weighted by molar-refractivity contribution is 0.0365. The number of nitrogens with one attached hydrogen (secondary N) is 2. The van der Waals surface area contributed by atoms with E-state index in [9.17, 15) is 0 Å². The Kier molecular flexibility index (Phi) is 8.18. The van der Waals surface area contributed by atoms with E-state index >= 15 is 0 Å². The zero-order valence-electron chi connectivity index (χ0n) is 13.0. The van der Waals surface area contributed by atoms with Crippen LogP contribution in [0.2, 0.25) is 0 Å². The van der Waals surface area contributed by atoms with Crippen molar-refractivity contribution in [3.8, 4) is 0 Å². The second kappa shape index (κ2) is 9.69. The summed E-state index contributed by atoms with van der Waals surface area (Å²) < 4.78 is 10.4. The number of pyridine rings is 1. The quantitative estimate of drug-likeness (QED) is 0.642. The van der Waals surface area contributed by atoms with Crippen LogP contribution in [-0.2, 0) is 16.0 Å². The molecule has 114 valence electrons. The van der Waals surface area contributed by atoms with Gasteiger partial charge >= 0.3 is 0 Å². The number of methoxy groups -OCH3 is 2. The first-order chi connectivity index (χ1) is 9.71. The molecule has 0 aromatic carbocycles. The van der Waals surface area contributed by atoms with E-state index in [1.54, 1.807) is 14.2 Å². The lowest BCUT2D eigenvalue weighted by Gasteiger charge is -2.16. The normalized spacial score (nSPS) is 12.4. The van der Waals surface area contributed by atoms with E-state index in [0.29, 0.717) is 13.2 Å². The molecule has 0 bridgehead atoms. The van der Waals surface area contributed by atoms with E-state index in [-0.39, 0.29) is 6.10 Å². The van der Waals surface area contributed by atoms with Crippen LogP contribution in [0.5, 0.6) is 0 Å². The summed E-state index contributed by atoms with van der Waals surface area (Å²) in [6.45, 7) is 7.36. The average molecular weight is 281 g/mol. The number of nitrogens with zero attached hydrogens (tertiary/aromatic N) is 1. The molecule has 1 aromatic heterocycles. The van der Waals surface area contributed by atoms with E-state index < -0.39 is 0 Å². The van der Waals surface area contributed by atoms with Crippen LogP contribution in [0.3, 0.4) is 0 Å². The topological polar surface area (TPSA) is 55.4 Å². The van der Waals surface area contributed by atoms with Gasteiger partial charge in [-0.3, -0.25) is 0 Å². The minimum atomic E-state index is 0.0352. The van der Waals surface area contributed by atoms with E-state index in [1.807, 2.05) is 13.0 Å². The van der Waals surface area contributed by atoms with Crippen LogP contribution in [0, 0.1) is 6.92 Å². The van der Waals surface area contributed by atoms with Crippen molar-refractivity contribution in [3.63, 3.8) is 0 Å². The summed E-state index contributed by atoms with van der Waals surface area (Å²) in [6.07, 6.45) is 1.18. The van der Waals surface area contributed by atoms with Crippen molar-refractivity contribution in [2.45, 2.75) is 32.9 Å². The summed E-state index contributed by atoms with van der Waals surface area (Å²) in [5, 5.41) is 6.67. The van der Waals surface area contributed by atoms with E-state index in [0.717, 1.165) is 31.0 Å². The average Bonchev–Trinajstić information content (AvgIpc) is 2.45. The Morgan fingerprint density at radius 2 is 2.10 bits per heavy atom. The second-order valence-corrected chi connectivity index (χ2v) is 4.81. The number of hydrogen-bond donors (Lipinski definition) is 2. The standard InChI is InChI=1S/C15H27N3O2/c1-5-8-16-9-13-6-7-15(18-12(13)2)17-10-14(20-4)11-19-3/h6-7,14,16H,5,8-11H2,1-4H3,(H,17,18). The molecule has 0 fully saturated rings. The molecule has 0 saturated heterocycles. The molecule has 0 amide bonds. The molecule has 1 aromatic rings. The highest BCUT2D eigenvalue weighted by Gasteiger charge is 2.07. The SMILES string of the molecule is CCCNCc1ccc(NCC(COC)OC)nc1C. The highest BCUT2D eigenvalue weighted by atomic mass is 16.5. The van der Waals surface area contributed by atoms with E-state index in [4.69, 9.17) is 9.47 Å². The molecule has 1 heterocycles. The largest absolute Gasteiger partial charge is 0.382 e. The fourth-order valence-corrected chi connectivity index (χ4v) is 1.89. The summed E-state index contributed by atoms with van der Waals surface area (Å²) >= 11 is 0. The van der Waals surface area contributed by atoms with Gasteiger partial charge in [0.1, 0.15) is 5.82 Å². The lowest BCUT2D eigenvalue weighted by Crippen LogP contribution is -2.27. The third-order valence-corrected chi connectivity index (χ3v) is 3.13. The zero-order chi connectivity index (χ0) is 14.8. The minimum Gasteiger partial charge on any atom is -0.382 e. The minimum absolute atomic E-state index is 0.0352. The predicted octanol–water partition coefficient (Wildman–Crippen LogP) is 1.96. The summed E-state index contributed by atoms with van der Waals surface area (Å²) in [6, 6.07) is 4.13. The van der Waals surface area contributed by atoms with Crippen LogP contribution < -0.4 is 10.6 Å². The second-order valence-electron chi connectivity index (χ2n) is 4.81. The smallest absolute Gasteiger partial charge is 0.126 e. The molecule has 0 radical (unpaired) electrons. The third kappa shape index (κ3) is 5.86. The molecule has 5 nitrogen and oxygen atoms in total. The fourth-order valence-electron chi connectivity index (χ4n) is 1.89. The highest BCUT2D eigenvalue weighted by Crippen LogP contribution is 2.10. The highest BCUT2D eigenvalue weighted by molar-refractivity contribution is 5.38. The van der Waals surface area contributed by atoms with E-state index in [2.05, 4.69) is 28.6 Å². The van der Waals surface area contributed by atoms with Gasteiger partial charge in [0.25, 0.3) is 0 Å². The van der Waals surface area contributed by atoms with Gasteiger partial charge < -0.3 is 20.1 Å². The van der Waals surface area contributed by atoms with Crippen molar-refractivity contribution in [3.05, 3.63) is 23.4 Å². The summed E-state index contributed by atoms with van der Waals surface area (Å²) in [4.78, 5) is 4.57. The first kappa shape index (κ1) is 16.9. The molecular weight excluding hydrogens is 254 g/mol. The molecule has 0 spiro atoms. The molecule has 1 atom stereocenters. The maximum Gasteiger partial charge on any atom is 0.126 e. The molecule has 5 heteroatoms. The Morgan fingerprint density at radius 1 is 1.30 bits per heavy atom. The molecule has 0 aliphatic carbocycles. The Labute approximate surface area is 122 Å². The first-order valence-electron chi connectivity index (χ1n) is 7.14. The van der Waals surface area contributed by atoms with Gasteiger partial charge in [-0.1, -0.05) is 13.0 Å². The summed E-state index contributed by atoms with van der Waals surface area (Å²) in [5.74, 6) is 0.875. The summed E-state index contributed by atoms with van der Waals surface area (Å²) in [5.41, 5.74) is 2.29. The van der Waals surface area contributed by atoms with Crippen LogP contribution in [-0.4, -0.2) is 45.0 Å². The van der Waals surface area contributed by atoms with Crippen molar-refractivity contribution >= 4 is 5.82 Å². The van der Waals surface area contributed by atoms with Gasteiger partial charge in [0.05, 0.1) is 12.7 Å². The van der Waals surface area contributed by atoms with Crippen molar-refractivity contribution in [1.29, 1.82) is 0 Å². The van der Waals surface area contributed by atoms with Gasteiger partial charge in [-0.15, -0.1) is 0 Å². The fraction of sp³-hybridized carbons (Fsp3) is 0.667. The van der Waals surface area contributed by atoms with Crippen LogP contribution in [0.1, 0.15) is 24.6 Å². The van der Waals surface area contributed by atoms with Gasteiger partial charge in [-0.25, -0.2) is 4.98 Å². The number of anilines is 1. The van der Waals surface area contributed by atoms with Gasteiger partial charge in [0, 0.05) is 33.0 Å². The molecule has 0 aliphatic rings. The van der Waals surface area contributed by atoms with Crippen molar-refractivity contribution in [1.82, 2.24) is 10.3 Å².